The van der Waals surface area contributed by atoms with E-state index in [1.165, 1.54) is 21.9 Å². The number of oxazole rings is 1. The second-order valence-electron chi connectivity index (χ2n) is 12.7. The molecule has 0 radical (unpaired) electrons. The minimum atomic E-state index is 0.586. The minimum absolute atomic E-state index is 0.586. The molecule has 8 aromatic carbocycles. The zero-order chi connectivity index (χ0) is 33.7. The van der Waals surface area contributed by atoms with Crippen LogP contribution in [0.3, 0.4) is 0 Å². The number of hydrogen-bond donors (Lipinski definition) is 0. The van der Waals surface area contributed by atoms with Crippen LogP contribution in [0.4, 0.5) is 17.1 Å². The highest BCUT2D eigenvalue weighted by Gasteiger charge is 2.22. The fraction of sp³-hybridized carbons (Fsp3) is 0. The Hall–Kier alpha value is -6.91. The van der Waals surface area contributed by atoms with Crippen LogP contribution in [0, 0.1) is 0 Å². The molecule has 10 aromatic rings. The molecular formula is C47H30N2O2. The molecule has 2 heterocycles. The van der Waals surface area contributed by atoms with Gasteiger partial charge in [0.15, 0.2) is 5.58 Å². The molecule has 2 aromatic heterocycles. The Morgan fingerprint density at radius 3 is 1.78 bits per heavy atom. The SMILES string of the molecule is c1ccc(-c2nc3c(-c4ccc(N(c5ccccc5)c5ccc(-c6cccc7ccccc67)cc5)cc4)c4c(cc3o2)oc2ccccc24)cc1. The summed E-state index contributed by atoms with van der Waals surface area (Å²) in [5, 5.41) is 4.57. The largest absolute Gasteiger partial charge is 0.456 e. The van der Waals surface area contributed by atoms with Gasteiger partial charge in [-0.2, -0.15) is 0 Å². The maximum Gasteiger partial charge on any atom is 0.227 e. The van der Waals surface area contributed by atoms with E-state index < -0.39 is 0 Å². The molecule has 10 rings (SSSR count). The van der Waals surface area contributed by atoms with Gasteiger partial charge in [0.05, 0.1) is 0 Å². The smallest absolute Gasteiger partial charge is 0.227 e. The average molecular weight is 655 g/mol. The molecule has 0 aliphatic carbocycles. The summed E-state index contributed by atoms with van der Waals surface area (Å²) >= 11 is 0. The van der Waals surface area contributed by atoms with Crippen LogP contribution in [0.2, 0.25) is 0 Å². The van der Waals surface area contributed by atoms with Gasteiger partial charge in [0.25, 0.3) is 0 Å². The molecule has 0 saturated heterocycles. The standard InChI is InChI=1S/C47H30N2O2/c1-3-13-34(14-4-1)47-48-46-43(51-47)30-42-45(40-19-9-10-21-41(40)50-42)44(46)33-24-28-37(29-25-33)49(35-16-5-2-6-17-35)36-26-22-32(23-27-36)39-20-11-15-31-12-7-8-18-38(31)39/h1-30H. The Labute approximate surface area is 294 Å². The molecule has 0 amide bonds. The van der Waals surface area contributed by atoms with Crippen LogP contribution in [0.15, 0.2) is 191 Å². The highest BCUT2D eigenvalue weighted by atomic mass is 16.4. The van der Waals surface area contributed by atoms with E-state index in [1.807, 2.05) is 48.5 Å². The Kier molecular flexibility index (Phi) is 6.78. The number of furan rings is 1. The van der Waals surface area contributed by atoms with Crippen LogP contribution in [-0.2, 0) is 0 Å². The van der Waals surface area contributed by atoms with Crippen LogP contribution >= 0.6 is 0 Å². The third-order valence-electron chi connectivity index (χ3n) is 9.70. The number of para-hydroxylation sites is 2. The molecule has 0 bridgehead atoms. The Morgan fingerprint density at radius 2 is 1.02 bits per heavy atom. The van der Waals surface area contributed by atoms with Crippen molar-refractivity contribution in [3.63, 3.8) is 0 Å². The quantitative estimate of drug-likeness (QED) is 0.179. The van der Waals surface area contributed by atoms with Gasteiger partial charge in [-0.25, -0.2) is 4.98 Å². The first kappa shape index (κ1) is 29.0. The molecule has 0 N–H and O–H groups in total. The van der Waals surface area contributed by atoms with Crippen molar-refractivity contribution in [3.05, 3.63) is 182 Å². The summed E-state index contributed by atoms with van der Waals surface area (Å²) in [6.07, 6.45) is 0. The number of hydrogen-bond acceptors (Lipinski definition) is 4. The highest BCUT2D eigenvalue weighted by molar-refractivity contribution is 6.19. The van der Waals surface area contributed by atoms with Crippen molar-refractivity contribution >= 4 is 60.9 Å². The van der Waals surface area contributed by atoms with Gasteiger partial charge in [0.1, 0.15) is 16.7 Å². The van der Waals surface area contributed by atoms with Crippen molar-refractivity contribution in [1.82, 2.24) is 4.98 Å². The van der Waals surface area contributed by atoms with Crippen LogP contribution in [0.5, 0.6) is 0 Å². The molecule has 0 aliphatic heterocycles. The van der Waals surface area contributed by atoms with Gasteiger partial charge in [0, 0.05) is 45.0 Å². The fourth-order valence-corrected chi connectivity index (χ4v) is 7.32. The van der Waals surface area contributed by atoms with Gasteiger partial charge < -0.3 is 13.7 Å². The second-order valence-corrected chi connectivity index (χ2v) is 12.7. The molecule has 4 heteroatoms. The monoisotopic (exact) mass is 654 g/mol. The maximum atomic E-state index is 6.38. The van der Waals surface area contributed by atoms with Gasteiger partial charge >= 0.3 is 0 Å². The van der Waals surface area contributed by atoms with Gasteiger partial charge in [-0.1, -0.05) is 121 Å². The summed E-state index contributed by atoms with van der Waals surface area (Å²) in [6, 6.07) is 63.3. The van der Waals surface area contributed by atoms with Crippen LogP contribution in [-0.4, -0.2) is 4.98 Å². The summed E-state index contributed by atoms with van der Waals surface area (Å²) in [6.45, 7) is 0. The Morgan fingerprint density at radius 1 is 0.412 bits per heavy atom. The summed E-state index contributed by atoms with van der Waals surface area (Å²) in [5.41, 5.74) is 11.7. The first-order valence-electron chi connectivity index (χ1n) is 17.1. The average Bonchev–Trinajstić information content (AvgIpc) is 3.80. The fourth-order valence-electron chi connectivity index (χ4n) is 7.32. The van der Waals surface area contributed by atoms with Gasteiger partial charge in [-0.3, -0.25) is 0 Å². The lowest BCUT2D eigenvalue weighted by molar-refractivity contribution is 0.617. The molecule has 0 saturated carbocycles. The van der Waals surface area contributed by atoms with Gasteiger partial charge in [0.2, 0.25) is 5.89 Å². The van der Waals surface area contributed by atoms with E-state index in [1.54, 1.807) is 0 Å². The number of benzene rings is 8. The molecule has 240 valence electrons. The zero-order valence-electron chi connectivity index (χ0n) is 27.5. The molecule has 0 unspecified atom stereocenters. The number of nitrogens with zero attached hydrogens (tertiary/aromatic N) is 2. The molecular weight excluding hydrogens is 625 g/mol. The van der Waals surface area contributed by atoms with E-state index in [0.717, 1.165) is 61.2 Å². The van der Waals surface area contributed by atoms with Crippen LogP contribution < -0.4 is 4.90 Å². The third kappa shape index (κ3) is 4.96. The zero-order valence-corrected chi connectivity index (χ0v) is 27.5. The summed E-state index contributed by atoms with van der Waals surface area (Å²) in [5.74, 6) is 0.586. The van der Waals surface area contributed by atoms with Crippen molar-refractivity contribution in [1.29, 1.82) is 0 Å². The first-order valence-corrected chi connectivity index (χ1v) is 17.1. The van der Waals surface area contributed by atoms with Crippen molar-refractivity contribution < 1.29 is 8.83 Å². The topological polar surface area (TPSA) is 42.4 Å². The first-order chi connectivity index (χ1) is 25.3. The molecule has 0 aliphatic rings. The predicted molar refractivity (Wildman–Crippen MR) is 210 cm³/mol. The van der Waals surface area contributed by atoms with Crippen molar-refractivity contribution in [2.24, 2.45) is 0 Å². The molecule has 51 heavy (non-hydrogen) atoms. The second kappa shape index (κ2) is 11.9. The normalized spacial score (nSPS) is 11.5. The highest BCUT2D eigenvalue weighted by Crippen LogP contribution is 2.44. The lowest BCUT2D eigenvalue weighted by atomic mass is 9.97. The number of aromatic nitrogens is 1. The molecule has 4 nitrogen and oxygen atoms in total. The van der Waals surface area contributed by atoms with Gasteiger partial charge in [-0.15, -0.1) is 0 Å². The van der Waals surface area contributed by atoms with Crippen molar-refractivity contribution in [2.45, 2.75) is 0 Å². The van der Waals surface area contributed by atoms with E-state index in [-0.39, 0.29) is 0 Å². The Balaban J connectivity index is 1.10. The lowest BCUT2D eigenvalue weighted by Gasteiger charge is -2.26. The van der Waals surface area contributed by atoms with E-state index in [9.17, 15) is 0 Å². The summed E-state index contributed by atoms with van der Waals surface area (Å²) in [4.78, 5) is 7.38. The van der Waals surface area contributed by atoms with Crippen LogP contribution in [0.1, 0.15) is 0 Å². The third-order valence-corrected chi connectivity index (χ3v) is 9.70. The van der Waals surface area contributed by atoms with E-state index in [2.05, 4.69) is 138 Å². The summed E-state index contributed by atoms with van der Waals surface area (Å²) < 4.78 is 12.8. The van der Waals surface area contributed by atoms with Crippen molar-refractivity contribution in [3.8, 4) is 33.7 Å². The van der Waals surface area contributed by atoms with E-state index in [0.29, 0.717) is 11.5 Å². The Bertz CT molecular complexity index is 2830. The van der Waals surface area contributed by atoms with E-state index >= 15 is 0 Å². The lowest BCUT2D eigenvalue weighted by Crippen LogP contribution is -2.09. The summed E-state index contributed by atoms with van der Waals surface area (Å²) in [7, 11) is 0. The molecule has 0 fully saturated rings. The number of rotatable bonds is 6. The van der Waals surface area contributed by atoms with Crippen molar-refractivity contribution in [2.75, 3.05) is 4.90 Å². The number of fused-ring (bicyclic) bond motifs is 5. The van der Waals surface area contributed by atoms with Gasteiger partial charge in [-0.05, 0) is 82.1 Å². The maximum absolute atomic E-state index is 6.38. The number of anilines is 3. The predicted octanol–water partition coefficient (Wildman–Crippen LogP) is 13.4. The molecule has 0 atom stereocenters. The van der Waals surface area contributed by atoms with E-state index in [4.69, 9.17) is 13.8 Å². The minimum Gasteiger partial charge on any atom is -0.456 e. The molecule has 0 spiro atoms. The van der Waals surface area contributed by atoms with Crippen LogP contribution in [0.25, 0.3) is 77.5 Å².